The van der Waals surface area contributed by atoms with E-state index in [1.54, 1.807) is 17.1 Å². The van der Waals surface area contributed by atoms with Crippen LogP contribution in [0.2, 0.25) is 0 Å². The van der Waals surface area contributed by atoms with Gasteiger partial charge < -0.3 is 5.32 Å². The highest BCUT2D eigenvalue weighted by Gasteiger charge is 2.08. The van der Waals surface area contributed by atoms with Crippen molar-refractivity contribution >= 4 is 5.82 Å². The van der Waals surface area contributed by atoms with E-state index in [1.807, 2.05) is 13.2 Å². The van der Waals surface area contributed by atoms with E-state index in [9.17, 15) is 0 Å². The maximum absolute atomic E-state index is 3.89. The van der Waals surface area contributed by atoms with Crippen LogP contribution < -0.4 is 5.32 Å². The second-order valence-corrected chi connectivity index (χ2v) is 3.14. The second kappa shape index (κ2) is 3.49. The maximum Gasteiger partial charge on any atom is 0.144 e. The number of aryl methyl sites for hydroxylation is 1. The fourth-order valence-corrected chi connectivity index (χ4v) is 1.22. The Kier molecular flexibility index (Phi) is 2.18. The highest BCUT2D eigenvalue weighted by atomic mass is 15.4. The van der Waals surface area contributed by atoms with Crippen LogP contribution in [0.5, 0.6) is 0 Å². The molecule has 2 aromatic rings. The summed E-state index contributed by atoms with van der Waals surface area (Å²) in [6.07, 6.45) is 5.35. The number of anilines is 1. The third kappa shape index (κ3) is 1.59. The number of rotatable bonds is 3. The molecule has 14 heavy (non-hydrogen) atoms. The SMILES string of the molecule is CC(Nc1cnnn1C)c1cn[nH]c1. The zero-order valence-corrected chi connectivity index (χ0v) is 8.10. The molecule has 2 N–H and O–H groups in total. The lowest BCUT2D eigenvalue weighted by Gasteiger charge is -2.12. The van der Waals surface area contributed by atoms with Crippen LogP contribution in [-0.2, 0) is 7.05 Å². The quantitative estimate of drug-likeness (QED) is 0.751. The lowest BCUT2D eigenvalue weighted by Crippen LogP contribution is -2.09. The van der Waals surface area contributed by atoms with E-state index in [1.165, 1.54) is 0 Å². The third-order valence-electron chi connectivity index (χ3n) is 2.10. The van der Waals surface area contributed by atoms with Gasteiger partial charge in [-0.3, -0.25) is 5.10 Å². The maximum atomic E-state index is 3.89. The molecular formula is C8H12N6. The highest BCUT2D eigenvalue weighted by molar-refractivity contribution is 5.34. The first kappa shape index (κ1) is 8.74. The average Bonchev–Trinajstić information content (AvgIpc) is 2.77. The summed E-state index contributed by atoms with van der Waals surface area (Å²) >= 11 is 0. The Hall–Kier alpha value is -1.85. The number of aromatic nitrogens is 5. The van der Waals surface area contributed by atoms with Gasteiger partial charge in [0.2, 0.25) is 0 Å². The molecule has 2 aromatic heterocycles. The van der Waals surface area contributed by atoms with Crippen molar-refractivity contribution in [3.63, 3.8) is 0 Å². The van der Waals surface area contributed by atoms with Gasteiger partial charge in [0, 0.05) is 18.8 Å². The molecule has 0 aliphatic rings. The fraction of sp³-hybridized carbons (Fsp3) is 0.375. The second-order valence-electron chi connectivity index (χ2n) is 3.14. The smallest absolute Gasteiger partial charge is 0.144 e. The number of hydrogen-bond acceptors (Lipinski definition) is 4. The van der Waals surface area contributed by atoms with Crippen molar-refractivity contribution in [2.45, 2.75) is 13.0 Å². The third-order valence-corrected chi connectivity index (χ3v) is 2.10. The molecule has 2 rings (SSSR count). The van der Waals surface area contributed by atoms with Gasteiger partial charge in [-0.05, 0) is 6.92 Å². The highest BCUT2D eigenvalue weighted by Crippen LogP contribution is 2.15. The van der Waals surface area contributed by atoms with Crippen molar-refractivity contribution in [1.29, 1.82) is 0 Å². The number of aromatic amines is 1. The van der Waals surface area contributed by atoms with Gasteiger partial charge >= 0.3 is 0 Å². The molecule has 74 valence electrons. The summed E-state index contributed by atoms with van der Waals surface area (Å²) in [5, 5.41) is 17.6. The van der Waals surface area contributed by atoms with Crippen LogP contribution in [0.4, 0.5) is 5.82 Å². The largest absolute Gasteiger partial charge is 0.362 e. The molecule has 1 unspecified atom stereocenters. The molecule has 0 fully saturated rings. The van der Waals surface area contributed by atoms with Gasteiger partial charge in [-0.25, -0.2) is 4.68 Å². The first-order valence-electron chi connectivity index (χ1n) is 4.37. The van der Waals surface area contributed by atoms with E-state index < -0.39 is 0 Å². The first-order valence-corrected chi connectivity index (χ1v) is 4.37. The van der Waals surface area contributed by atoms with Crippen LogP contribution in [0.1, 0.15) is 18.5 Å². The molecule has 0 aliphatic carbocycles. The number of nitrogens with zero attached hydrogens (tertiary/aromatic N) is 4. The molecule has 0 aliphatic heterocycles. The van der Waals surface area contributed by atoms with Gasteiger partial charge in [0.15, 0.2) is 0 Å². The molecule has 1 atom stereocenters. The van der Waals surface area contributed by atoms with Crippen LogP contribution in [0.15, 0.2) is 18.6 Å². The Balaban J connectivity index is 2.09. The normalized spacial score (nSPS) is 12.7. The average molecular weight is 192 g/mol. The van der Waals surface area contributed by atoms with Gasteiger partial charge in [-0.15, -0.1) is 5.10 Å². The molecule has 6 heteroatoms. The zero-order valence-electron chi connectivity index (χ0n) is 8.10. The van der Waals surface area contributed by atoms with Gasteiger partial charge in [0.1, 0.15) is 5.82 Å². The summed E-state index contributed by atoms with van der Waals surface area (Å²) in [5.74, 6) is 0.888. The lowest BCUT2D eigenvalue weighted by molar-refractivity contribution is 0.708. The van der Waals surface area contributed by atoms with Crippen LogP contribution >= 0.6 is 0 Å². The Labute approximate surface area is 81.3 Å². The van der Waals surface area contributed by atoms with Crippen molar-refractivity contribution in [3.05, 3.63) is 24.2 Å². The predicted molar refractivity (Wildman–Crippen MR) is 51.6 cm³/mol. The summed E-state index contributed by atoms with van der Waals surface area (Å²) in [4.78, 5) is 0. The molecule has 0 spiro atoms. The number of hydrogen-bond donors (Lipinski definition) is 2. The molecule has 0 saturated heterocycles. The standard InChI is InChI=1S/C8H12N6/c1-6(7-3-9-10-4-7)12-8-5-11-13-14(8)2/h3-6,12H,1-2H3,(H,9,10). The summed E-state index contributed by atoms with van der Waals surface area (Å²) in [7, 11) is 1.84. The predicted octanol–water partition coefficient (Wildman–Crippen LogP) is 0.711. The van der Waals surface area contributed by atoms with Crippen molar-refractivity contribution in [1.82, 2.24) is 25.2 Å². The van der Waals surface area contributed by atoms with E-state index in [0.717, 1.165) is 11.4 Å². The monoisotopic (exact) mass is 192 g/mol. The minimum atomic E-state index is 0.186. The van der Waals surface area contributed by atoms with Gasteiger partial charge in [0.05, 0.1) is 18.4 Å². The molecule has 0 bridgehead atoms. The molecular weight excluding hydrogens is 180 g/mol. The molecule has 0 radical (unpaired) electrons. The fourth-order valence-electron chi connectivity index (χ4n) is 1.22. The van der Waals surface area contributed by atoms with Crippen LogP contribution in [0, 0.1) is 0 Å². The van der Waals surface area contributed by atoms with Crippen molar-refractivity contribution < 1.29 is 0 Å². The Bertz CT molecular complexity index is 390. The topological polar surface area (TPSA) is 71.4 Å². The summed E-state index contributed by atoms with van der Waals surface area (Å²) in [5.41, 5.74) is 1.10. The van der Waals surface area contributed by atoms with E-state index in [0.29, 0.717) is 0 Å². The zero-order chi connectivity index (χ0) is 9.97. The summed E-state index contributed by atoms with van der Waals surface area (Å²) in [6, 6.07) is 0.186. The van der Waals surface area contributed by atoms with Crippen LogP contribution in [-0.4, -0.2) is 25.2 Å². The minimum Gasteiger partial charge on any atom is -0.362 e. The van der Waals surface area contributed by atoms with Crippen molar-refractivity contribution in [2.75, 3.05) is 5.32 Å². The van der Waals surface area contributed by atoms with E-state index in [2.05, 4.69) is 32.7 Å². The lowest BCUT2D eigenvalue weighted by atomic mass is 10.2. The molecule has 0 saturated carbocycles. The Morgan fingerprint density at radius 3 is 2.93 bits per heavy atom. The molecule has 0 aromatic carbocycles. The molecule has 0 amide bonds. The van der Waals surface area contributed by atoms with Crippen LogP contribution in [0.25, 0.3) is 0 Å². The Morgan fingerprint density at radius 2 is 2.36 bits per heavy atom. The summed E-state index contributed by atoms with van der Waals surface area (Å²) < 4.78 is 1.69. The first-order chi connectivity index (χ1) is 6.77. The molecule has 2 heterocycles. The molecule has 6 nitrogen and oxygen atoms in total. The van der Waals surface area contributed by atoms with Crippen molar-refractivity contribution in [2.24, 2.45) is 7.05 Å². The van der Waals surface area contributed by atoms with Gasteiger partial charge in [-0.2, -0.15) is 5.10 Å². The van der Waals surface area contributed by atoms with E-state index in [-0.39, 0.29) is 6.04 Å². The van der Waals surface area contributed by atoms with Gasteiger partial charge in [0.25, 0.3) is 0 Å². The number of H-pyrrole nitrogens is 1. The van der Waals surface area contributed by atoms with Gasteiger partial charge in [-0.1, -0.05) is 5.21 Å². The van der Waals surface area contributed by atoms with E-state index in [4.69, 9.17) is 0 Å². The van der Waals surface area contributed by atoms with Crippen LogP contribution in [0.3, 0.4) is 0 Å². The van der Waals surface area contributed by atoms with Crippen molar-refractivity contribution in [3.8, 4) is 0 Å². The van der Waals surface area contributed by atoms with E-state index >= 15 is 0 Å². The minimum absolute atomic E-state index is 0.186. The Morgan fingerprint density at radius 1 is 1.50 bits per heavy atom. The number of nitrogens with one attached hydrogen (secondary N) is 2. The summed E-state index contributed by atoms with van der Waals surface area (Å²) in [6.45, 7) is 2.05.